The molecule has 3 nitrogen and oxygen atoms in total. The normalized spacial score (nSPS) is 11.7. The van der Waals surface area contributed by atoms with E-state index in [0.717, 1.165) is 78.1 Å². The molecule has 0 radical (unpaired) electrons. The maximum Gasteiger partial charge on any atom is 0.136 e. The third-order valence-corrected chi connectivity index (χ3v) is 14.4. The van der Waals surface area contributed by atoms with Crippen LogP contribution in [0.3, 0.4) is 0 Å². The van der Waals surface area contributed by atoms with E-state index < -0.39 is 0 Å². The number of hydrogen-bond acceptors (Lipinski definition) is 2. The van der Waals surface area contributed by atoms with Gasteiger partial charge < -0.3 is 13.9 Å². The summed E-state index contributed by atoms with van der Waals surface area (Å²) in [5, 5.41) is 9.75. The van der Waals surface area contributed by atoms with Crippen molar-refractivity contribution in [3.63, 3.8) is 0 Å². The number of benzene rings is 12. The smallest absolute Gasteiger partial charge is 0.136 e. The number of rotatable bonds is 8. The van der Waals surface area contributed by atoms with Crippen molar-refractivity contribution in [2.75, 3.05) is 4.90 Å². The molecule has 0 bridgehead atoms. The highest BCUT2D eigenvalue weighted by Crippen LogP contribution is 2.45. The van der Waals surface area contributed by atoms with E-state index in [0.29, 0.717) is 0 Å². The van der Waals surface area contributed by atoms with Crippen molar-refractivity contribution in [2.45, 2.75) is 0 Å². The molecule has 12 aromatic carbocycles. The molecule has 0 fully saturated rings. The quantitative estimate of drug-likeness (QED) is 0.142. The van der Waals surface area contributed by atoms with Crippen molar-refractivity contribution in [1.29, 1.82) is 0 Å². The molecule has 0 spiro atoms. The van der Waals surface area contributed by atoms with Crippen LogP contribution in [0.5, 0.6) is 0 Å². The molecule has 0 aliphatic heterocycles. The number of fused-ring (bicyclic) bond motifs is 9. The van der Waals surface area contributed by atoms with Crippen molar-refractivity contribution >= 4 is 82.4 Å². The van der Waals surface area contributed by atoms with E-state index in [2.05, 4.69) is 270 Å². The van der Waals surface area contributed by atoms with Crippen LogP contribution < -0.4 is 4.90 Å². The highest BCUT2D eigenvalue weighted by atomic mass is 16.3. The molecule has 71 heavy (non-hydrogen) atoms. The maximum atomic E-state index is 6.37. The summed E-state index contributed by atoms with van der Waals surface area (Å²) in [4.78, 5) is 2.41. The summed E-state index contributed by atoms with van der Waals surface area (Å²) in [7, 11) is 0. The van der Waals surface area contributed by atoms with E-state index in [4.69, 9.17) is 4.42 Å². The first-order valence-corrected chi connectivity index (χ1v) is 24.3. The summed E-state index contributed by atoms with van der Waals surface area (Å²) in [6.45, 7) is 0. The molecule has 0 saturated carbocycles. The Morgan fingerprint density at radius 2 is 0.859 bits per heavy atom. The van der Waals surface area contributed by atoms with Crippen molar-refractivity contribution in [3.8, 4) is 50.2 Å². The van der Waals surface area contributed by atoms with Gasteiger partial charge in [-0.1, -0.05) is 188 Å². The van der Waals surface area contributed by atoms with E-state index in [1.54, 1.807) is 0 Å². The van der Waals surface area contributed by atoms with E-state index in [1.807, 2.05) is 6.07 Å². The number of nitrogens with zero attached hydrogens (tertiary/aromatic N) is 2. The largest absolute Gasteiger partial charge is 0.456 e. The molecule has 2 heterocycles. The molecule has 0 amide bonds. The first kappa shape index (κ1) is 40.6. The minimum absolute atomic E-state index is 0.885. The third kappa shape index (κ3) is 6.89. The second-order valence-electron chi connectivity index (χ2n) is 18.5. The molecule has 0 atom stereocenters. The van der Waals surface area contributed by atoms with Crippen molar-refractivity contribution < 1.29 is 4.42 Å². The molecule has 0 unspecified atom stereocenters. The molecule has 14 aromatic rings. The van der Waals surface area contributed by atoms with Gasteiger partial charge in [-0.05, 0) is 139 Å². The van der Waals surface area contributed by atoms with Gasteiger partial charge in [-0.2, -0.15) is 0 Å². The average Bonchev–Trinajstić information content (AvgIpc) is 4.00. The van der Waals surface area contributed by atoms with Crippen molar-refractivity contribution in [3.05, 3.63) is 267 Å². The van der Waals surface area contributed by atoms with Gasteiger partial charge in [-0.15, -0.1) is 0 Å². The Kier molecular flexibility index (Phi) is 9.53. The van der Waals surface area contributed by atoms with Gasteiger partial charge in [0.15, 0.2) is 0 Å². The number of anilines is 3. The van der Waals surface area contributed by atoms with Crippen LogP contribution >= 0.6 is 0 Å². The zero-order valence-electron chi connectivity index (χ0n) is 38.7. The first-order chi connectivity index (χ1) is 35.2. The zero-order chi connectivity index (χ0) is 46.8. The monoisotopic (exact) mass is 904 g/mol. The van der Waals surface area contributed by atoms with E-state index in [-0.39, 0.29) is 0 Å². The third-order valence-electron chi connectivity index (χ3n) is 14.4. The Labute approximate surface area is 411 Å². The number of para-hydroxylation sites is 4. The van der Waals surface area contributed by atoms with Gasteiger partial charge in [-0.3, -0.25) is 0 Å². The van der Waals surface area contributed by atoms with Crippen LogP contribution in [0.15, 0.2) is 271 Å². The lowest BCUT2D eigenvalue weighted by molar-refractivity contribution is 0.669. The predicted octanol–water partition coefficient (Wildman–Crippen LogP) is 19.1. The van der Waals surface area contributed by atoms with Crippen LogP contribution in [0, 0.1) is 0 Å². The molecule has 14 rings (SSSR count). The molecule has 2 aromatic heterocycles. The van der Waals surface area contributed by atoms with E-state index in [1.165, 1.54) is 54.5 Å². The number of furan rings is 1. The van der Waals surface area contributed by atoms with Gasteiger partial charge in [0.1, 0.15) is 11.2 Å². The van der Waals surface area contributed by atoms with E-state index >= 15 is 0 Å². The second kappa shape index (κ2) is 16.7. The summed E-state index contributed by atoms with van der Waals surface area (Å²) >= 11 is 0. The zero-order valence-corrected chi connectivity index (χ0v) is 38.7. The van der Waals surface area contributed by atoms with Crippen molar-refractivity contribution in [1.82, 2.24) is 4.57 Å². The molecule has 0 aliphatic carbocycles. The number of aromatic nitrogens is 1. The predicted molar refractivity (Wildman–Crippen MR) is 299 cm³/mol. The Balaban J connectivity index is 0.876. The Bertz CT molecular complexity index is 4310. The Morgan fingerprint density at radius 3 is 1.69 bits per heavy atom. The topological polar surface area (TPSA) is 21.3 Å². The van der Waals surface area contributed by atoms with Crippen LogP contribution in [0.2, 0.25) is 0 Å². The fraction of sp³-hybridized carbons (Fsp3) is 0. The van der Waals surface area contributed by atoms with Crippen molar-refractivity contribution in [2.24, 2.45) is 0 Å². The number of hydrogen-bond donors (Lipinski definition) is 0. The Morgan fingerprint density at radius 1 is 0.296 bits per heavy atom. The second-order valence-corrected chi connectivity index (χ2v) is 18.5. The maximum absolute atomic E-state index is 6.37. The van der Waals surface area contributed by atoms with Gasteiger partial charge in [0.2, 0.25) is 0 Å². The van der Waals surface area contributed by atoms with Gasteiger partial charge >= 0.3 is 0 Å². The minimum Gasteiger partial charge on any atom is -0.456 e. The highest BCUT2D eigenvalue weighted by Gasteiger charge is 2.20. The summed E-state index contributed by atoms with van der Waals surface area (Å²) in [5.41, 5.74) is 17.8. The molecule has 0 aliphatic rings. The molecule has 332 valence electrons. The standard InChI is InChI=1S/C68H44N2O/c1-2-22-56-46(15-1)33-34-51-42-52(37-40-57(51)56)58-23-3-7-28-63(58)69(54-20-13-19-50(44-54)59-27-14-32-67-68(59)62-26-6-10-31-66(62)71-67)53-38-35-45(36-39-53)47-16-11-17-48(41-47)49-18-12-21-55(43-49)70-64-29-8-4-24-60(64)61-25-5-9-30-65(61)70/h1-44H. The van der Waals surface area contributed by atoms with Crippen LogP contribution in [0.4, 0.5) is 17.1 Å². The van der Waals surface area contributed by atoms with Gasteiger partial charge in [0, 0.05) is 44.2 Å². The van der Waals surface area contributed by atoms with Crippen LogP contribution in [0.1, 0.15) is 0 Å². The minimum atomic E-state index is 0.885. The van der Waals surface area contributed by atoms with Gasteiger partial charge in [0.25, 0.3) is 0 Å². The molecule has 0 saturated heterocycles. The summed E-state index contributed by atoms with van der Waals surface area (Å²) in [6.07, 6.45) is 0. The summed E-state index contributed by atoms with van der Waals surface area (Å²) in [6, 6.07) is 96.8. The lowest BCUT2D eigenvalue weighted by atomic mass is 9.95. The first-order valence-electron chi connectivity index (χ1n) is 24.3. The van der Waals surface area contributed by atoms with Gasteiger partial charge in [0.05, 0.1) is 16.7 Å². The molecule has 3 heteroatoms. The molecular formula is C68H44N2O. The Hall–Kier alpha value is -9.44. The van der Waals surface area contributed by atoms with Crippen LogP contribution in [-0.4, -0.2) is 4.57 Å². The summed E-state index contributed by atoms with van der Waals surface area (Å²) in [5.74, 6) is 0. The molecule has 0 N–H and O–H groups in total. The molecular weight excluding hydrogens is 861 g/mol. The van der Waals surface area contributed by atoms with Crippen LogP contribution in [0.25, 0.3) is 115 Å². The lowest BCUT2D eigenvalue weighted by Crippen LogP contribution is -2.11. The lowest BCUT2D eigenvalue weighted by Gasteiger charge is -2.28. The summed E-state index contributed by atoms with van der Waals surface area (Å²) < 4.78 is 8.75. The highest BCUT2D eigenvalue weighted by molar-refractivity contribution is 6.13. The average molecular weight is 905 g/mol. The SMILES string of the molecule is c1cc(-c2ccc(N(c3cccc(-c4cccc5oc6ccccc6c45)c3)c3ccccc3-c3ccc4c(ccc5ccccc54)c3)cc2)cc(-c2cccc(-n3c4ccccc4c4ccccc43)c2)c1. The van der Waals surface area contributed by atoms with E-state index in [9.17, 15) is 0 Å². The fourth-order valence-electron chi connectivity index (χ4n) is 11.1. The fourth-order valence-corrected chi connectivity index (χ4v) is 11.1. The van der Waals surface area contributed by atoms with Crippen LogP contribution in [-0.2, 0) is 0 Å². The van der Waals surface area contributed by atoms with Gasteiger partial charge in [-0.25, -0.2) is 0 Å².